The summed E-state index contributed by atoms with van der Waals surface area (Å²) >= 11 is 0. The van der Waals surface area contributed by atoms with Gasteiger partial charge in [0.05, 0.1) is 18.4 Å². The average Bonchev–Trinajstić information content (AvgIpc) is 3.53. The second kappa shape index (κ2) is 10.7. The Hall–Kier alpha value is -3.06. The van der Waals surface area contributed by atoms with Crippen molar-refractivity contribution in [1.82, 2.24) is 9.91 Å². The van der Waals surface area contributed by atoms with Gasteiger partial charge in [-0.15, -0.1) is 0 Å². The lowest BCUT2D eigenvalue weighted by atomic mass is 9.98. The number of halogens is 1. The van der Waals surface area contributed by atoms with Gasteiger partial charge in [0.25, 0.3) is 5.91 Å². The first-order chi connectivity index (χ1) is 16.1. The third-order valence-corrected chi connectivity index (χ3v) is 6.44. The Balaban J connectivity index is 1.59. The minimum absolute atomic E-state index is 0.00617. The molecule has 2 aliphatic rings. The summed E-state index contributed by atoms with van der Waals surface area (Å²) in [5.74, 6) is -0.671. The van der Waals surface area contributed by atoms with Crippen molar-refractivity contribution < 1.29 is 18.7 Å². The van der Waals surface area contributed by atoms with Crippen molar-refractivity contribution >= 4 is 17.5 Å². The predicted molar refractivity (Wildman–Crippen MR) is 124 cm³/mol. The van der Waals surface area contributed by atoms with Gasteiger partial charge in [0, 0.05) is 31.6 Å². The van der Waals surface area contributed by atoms with E-state index in [2.05, 4.69) is 5.10 Å². The second-order valence-electron chi connectivity index (χ2n) is 8.63. The number of hydrazone groups is 1. The summed E-state index contributed by atoms with van der Waals surface area (Å²) < 4.78 is 19.7. The molecule has 0 unspecified atom stereocenters. The highest BCUT2D eigenvalue weighted by Crippen LogP contribution is 2.33. The van der Waals surface area contributed by atoms with E-state index in [0.29, 0.717) is 30.8 Å². The van der Waals surface area contributed by atoms with Crippen molar-refractivity contribution in [1.29, 1.82) is 0 Å². The molecule has 1 heterocycles. The zero-order valence-corrected chi connectivity index (χ0v) is 19.0. The Morgan fingerprint density at radius 3 is 2.48 bits per heavy atom. The van der Waals surface area contributed by atoms with Crippen molar-refractivity contribution in [2.24, 2.45) is 11.0 Å². The Labute approximate surface area is 194 Å². The first-order valence-corrected chi connectivity index (χ1v) is 11.6. The standard InChI is InChI=1S/C26H30FN3O3/c1-33-16-15-29(26(32)20-11-5-6-12-20)18-25(31)30-24(19-9-3-2-4-10-19)17-23(28-30)21-13-7-8-14-22(21)27/h2-4,7-10,13-14,20,24H,5-6,11-12,15-18H2,1H3/t24-/m1/s1. The molecule has 33 heavy (non-hydrogen) atoms. The number of benzene rings is 2. The monoisotopic (exact) mass is 451 g/mol. The van der Waals surface area contributed by atoms with Crippen LogP contribution in [0.1, 0.15) is 49.3 Å². The summed E-state index contributed by atoms with van der Waals surface area (Å²) in [5, 5.41) is 5.99. The van der Waals surface area contributed by atoms with Gasteiger partial charge in [0.2, 0.25) is 5.91 Å². The van der Waals surface area contributed by atoms with Crippen molar-refractivity contribution in [3.63, 3.8) is 0 Å². The van der Waals surface area contributed by atoms with Gasteiger partial charge in [0.1, 0.15) is 12.4 Å². The number of hydrogen-bond donors (Lipinski definition) is 0. The van der Waals surface area contributed by atoms with E-state index in [-0.39, 0.29) is 36.1 Å². The van der Waals surface area contributed by atoms with Crippen molar-refractivity contribution in [3.05, 3.63) is 71.5 Å². The third-order valence-electron chi connectivity index (χ3n) is 6.44. The lowest BCUT2D eigenvalue weighted by Gasteiger charge is -2.28. The van der Waals surface area contributed by atoms with E-state index in [1.165, 1.54) is 11.1 Å². The van der Waals surface area contributed by atoms with Crippen LogP contribution in [0.4, 0.5) is 4.39 Å². The molecule has 4 rings (SSSR count). The van der Waals surface area contributed by atoms with E-state index < -0.39 is 0 Å². The first-order valence-electron chi connectivity index (χ1n) is 11.6. The number of ether oxygens (including phenoxy) is 1. The predicted octanol–water partition coefficient (Wildman–Crippen LogP) is 4.17. The molecular formula is C26H30FN3O3. The molecule has 1 aliphatic heterocycles. The highest BCUT2D eigenvalue weighted by molar-refractivity contribution is 6.03. The van der Waals surface area contributed by atoms with Crippen LogP contribution in [0.2, 0.25) is 0 Å². The number of rotatable bonds is 8. The maximum absolute atomic E-state index is 14.5. The molecule has 2 aromatic carbocycles. The molecule has 0 bridgehead atoms. The van der Waals surface area contributed by atoms with Crippen LogP contribution >= 0.6 is 0 Å². The van der Waals surface area contributed by atoms with Gasteiger partial charge in [-0.05, 0) is 24.5 Å². The fourth-order valence-electron chi connectivity index (χ4n) is 4.67. The quantitative estimate of drug-likeness (QED) is 0.605. The number of amides is 2. The van der Waals surface area contributed by atoms with E-state index in [1.807, 2.05) is 30.3 Å². The Morgan fingerprint density at radius 2 is 1.79 bits per heavy atom. The summed E-state index contributed by atoms with van der Waals surface area (Å²) in [7, 11) is 1.58. The van der Waals surface area contributed by atoms with Gasteiger partial charge in [-0.3, -0.25) is 9.59 Å². The van der Waals surface area contributed by atoms with Crippen LogP contribution in [0.25, 0.3) is 0 Å². The summed E-state index contributed by atoms with van der Waals surface area (Å²) in [6.45, 7) is 0.638. The van der Waals surface area contributed by atoms with Gasteiger partial charge < -0.3 is 9.64 Å². The van der Waals surface area contributed by atoms with Gasteiger partial charge in [0.15, 0.2) is 0 Å². The van der Waals surface area contributed by atoms with Gasteiger partial charge in [-0.2, -0.15) is 5.10 Å². The molecule has 2 aromatic rings. The molecule has 0 saturated heterocycles. The molecule has 2 amide bonds. The van der Waals surface area contributed by atoms with Gasteiger partial charge in [-0.25, -0.2) is 9.40 Å². The fraction of sp³-hybridized carbons (Fsp3) is 0.423. The number of methoxy groups -OCH3 is 1. The molecule has 0 radical (unpaired) electrons. The van der Waals surface area contributed by atoms with E-state index >= 15 is 0 Å². The lowest BCUT2D eigenvalue weighted by Crippen LogP contribution is -2.44. The Kier molecular flexibility index (Phi) is 7.50. The topological polar surface area (TPSA) is 62.2 Å². The molecule has 7 heteroatoms. The zero-order chi connectivity index (χ0) is 23.2. The van der Waals surface area contributed by atoms with Crippen LogP contribution in [0.5, 0.6) is 0 Å². The summed E-state index contributed by atoms with van der Waals surface area (Å²) in [6, 6.07) is 15.7. The van der Waals surface area contributed by atoms with E-state index in [1.54, 1.807) is 30.2 Å². The van der Waals surface area contributed by atoms with Crippen molar-refractivity contribution in [2.45, 2.75) is 38.1 Å². The molecule has 6 nitrogen and oxygen atoms in total. The SMILES string of the molecule is COCCN(CC(=O)N1N=C(c2ccccc2F)C[C@@H]1c1ccccc1)C(=O)C1CCCC1. The Bertz CT molecular complexity index is 1000. The van der Waals surface area contributed by atoms with Gasteiger partial charge in [-0.1, -0.05) is 61.4 Å². The number of carbonyl (C=O) groups is 2. The van der Waals surface area contributed by atoms with Crippen LogP contribution in [0, 0.1) is 11.7 Å². The number of hydrogen-bond acceptors (Lipinski definition) is 4. The molecule has 0 aromatic heterocycles. The first kappa shape index (κ1) is 23.1. The van der Waals surface area contributed by atoms with Crippen LogP contribution in [0.3, 0.4) is 0 Å². The van der Waals surface area contributed by atoms with Gasteiger partial charge >= 0.3 is 0 Å². The maximum Gasteiger partial charge on any atom is 0.262 e. The van der Waals surface area contributed by atoms with Crippen LogP contribution in [0.15, 0.2) is 59.7 Å². The molecule has 174 valence electrons. The van der Waals surface area contributed by atoms with E-state index in [9.17, 15) is 14.0 Å². The molecule has 0 spiro atoms. The van der Waals surface area contributed by atoms with E-state index in [0.717, 1.165) is 31.2 Å². The molecule has 1 fully saturated rings. The van der Waals surface area contributed by atoms with Crippen LogP contribution in [-0.4, -0.2) is 54.2 Å². The summed E-state index contributed by atoms with van der Waals surface area (Å²) in [4.78, 5) is 28.2. The molecule has 1 saturated carbocycles. The smallest absolute Gasteiger partial charge is 0.262 e. The van der Waals surface area contributed by atoms with Crippen molar-refractivity contribution in [2.75, 3.05) is 26.8 Å². The largest absolute Gasteiger partial charge is 0.383 e. The second-order valence-corrected chi connectivity index (χ2v) is 8.63. The van der Waals surface area contributed by atoms with Crippen LogP contribution < -0.4 is 0 Å². The average molecular weight is 452 g/mol. The van der Waals surface area contributed by atoms with Crippen LogP contribution in [-0.2, 0) is 14.3 Å². The number of nitrogens with zero attached hydrogens (tertiary/aromatic N) is 3. The summed E-state index contributed by atoms with van der Waals surface area (Å²) in [6.07, 6.45) is 4.22. The molecule has 1 atom stereocenters. The number of carbonyl (C=O) groups excluding carboxylic acids is 2. The minimum Gasteiger partial charge on any atom is -0.383 e. The lowest BCUT2D eigenvalue weighted by molar-refractivity contribution is -0.144. The molecule has 0 N–H and O–H groups in total. The Morgan fingerprint density at radius 1 is 1.09 bits per heavy atom. The molecule has 1 aliphatic carbocycles. The summed E-state index contributed by atoms with van der Waals surface area (Å²) in [5.41, 5.74) is 1.85. The highest BCUT2D eigenvalue weighted by atomic mass is 19.1. The van der Waals surface area contributed by atoms with E-state index in [4.69, 9.17) is 4.74 Å². The zero-order valence-electron chi connectivity index (χ0n) is 19.0. The van der Waals surface area contributed by atoms with Crippen molar-refractivity contribution in [3.8, 4) is 0 Å². The fourth-order valence-corrected chi connectivity index (χ4v) is 4.67. The maximum atomic E-state index is 14.5. The third kappa shape index (κ3) is 5.30. The molecular weight excluding hydrogens is 421 g/mol. The highest BCUT2D eigenvalue weighted by Gasteiger charge is 2.36. The minimum atomic E-state index is -0.365. The normalized spacial score (nSPS) is 18.4.